The molecule has 0 spiro atoms. The summed E-state index contributed by atoms with van der Waals surface area (Å²) in [4.78, 5) is 4.72. The van der Waals surface area contributed by atoms with Gasteiger partial charge in [0, 0.05) is 50.6 Å². The zero-order chi connectivity index (χ0) is 35.8. The van der Waals surface area contributed by atoms with Gasteiger partial charge in [-0.1, -0.05) is 103 Å². The van der Waals surface area contributed by atoms with Crippen LogP contribution in [0.1, 0.15) is 5.56 Å². The van der Waals surface area contributed by atoms with Crippen molar-refractivity contribution in [3.8, 4) is 17.2 Å². The molecule has 11 rings (SSSR count). The molecule has 0 amide bonds. The van der Waals surface area contributed by atoms with Crippen LogP contribution in [-0.4, -0.2) is 11.3 Å². The molecule has 0 aliphatic carbocycles. The first-order valence-corrected chi connectivity index (χ1v) is 18.6. The van der Waals surface area contributed by atoms with Crippen molar-refractivity contribution >= 4 is 79.0 Å². The van der Waals surface area contributed by atoms with E-state index in [1.807, 2.05) is 0 Å². The summed E-state index contributed by atoms with van der Waals surface area (Å²) in [6.45, 7) is 2.14. The normalized spacial score (nSPS) is 12.6. The summed E-state index contributed by atoms with van der Waals surface area (Å²) < 4.78 is 9.37. The van der Waals surface area contributed by atoms with Crippen molar-refractivity contribution in [2.24, 2.45) is 0 Å². The molecule has 3 heterocycles. The summed E-state index contributed by atoms with van der Waals surface area (Å²) in [6.07, 6.45) is 0. The lowest BCUT2D eigenvalue weighted by Crippen LogP contribution is -2.59. The molecule has 1 aromatic heterocycles. The monoisotopic (exact) mass is 691 g/mol. The van der Waals surface area contributed by atoms with Gasteiger partial charge >= 0.3 is 0 Å². The second-order valence-electron chi connectivity index (χ2n) is 14.2. The molecular weight excluding hydrogens is 657 g/mol. The molecule has 4 nitrogen and oxygen atoms in total. The van der Waals surface area contributed by atoms with Gasteiger partial charge in [0.05, 0.1) is 11.0 Å². The number of para-hydroxylation sites is 4. The number of nitrogens with zero attached hydrogens (tertiary/aromatic N) is 3. The van der Waals surface area contributed by atoms with Crippen molar-refractivity contribution in [2.75, 3.05) is 9.80 Å². The van der Waals surface area contributed by atoms with Gasteiger partial charge in [-0.2, -0.15) is 0 Å². The zero-order valence-electron chi connectivity index (χ0n) is 29.7. The van der Waals surface area contributed by atoms with E-state index in [9.17, 15) is 0 Å². The average Bonchev–Trinajstić information content (AvgIpc) is 3.54. The molecule has 2 aliphatic rings. The molecule has 0 atom stereocenters. The highest BCUT2D eigenvalue weighted by atomic mass is 16.5. The Bertz CT molecular complexity index is 2870. The van der Waals surface area contributed by atoms with Gasteiger partial charge in [0.25, 0.3) is 6.71 Å². The maximum atomic E-state index is 6.94. The topological polar surface area (TPSA) is 20.6 Å². The molecule has 0 radical (unpaired) electrons. The van der Waals surface area contributed by atoms with Crippen LogP contribution in [0.3, 0.4) is 0 Å². The van der Waals surface area contributed by atoms with Crippen molar-refractivity contribution in [2.45, 2.75) is 6.92 Å². The highest BCUT2D eigenvalue weighted by Gasteiger charge is 2.42. The van der Waals surface area contributed by atoms with E-state index < -0.39 is 0 Å². The molecule has 54 heavy (non-hydrogen) atoms. The highest BCUT2D eigenvalue weighted by Crippen LogP contribution is 2.44. The van der Waals surface area contributed by atoms with E-state index in [4.69, 9.17) is 4.74 Å². The van der Waals surface area contributed by atoms with E-state index in [1.165, 1.54) is 33.0 Å². The van der Waals surface area contributed by atoms with Gasteiger partial charge in [0.2, 0.25) is 0 Å². The van der Waals surface area contributed by atoms with Crippen LogP contribution in [0.4, 0.5) is 34.1 Å². The van der Waals surface area contributed by atoms with E-state index in [0.717, 1.165) is 62.0 Å². The Hall–Kier alpha value is -6.98. The number of fused-ring (bicyclic) bond motifs is 7. The van der Waals surface area contributed by atoms with Crippen molar-refractivity contribution in [1.29, 1.82) is 0 Å². The van der Waals surface area contributed by atoms with Gasteiger partial charge in [-0.05, 0) is 114 Å². The van der Waals surface area contributed by atoms with Gasteiger partial charge < -0.3 is 19.1 Å². The van der Waals surface area contributed by atoms with E-state index in [2.05, 4.69) is 209 Å². The molecule has 0 saturated carbocycles. The maximum absolute atomic E-state index is 6.94. The molecule has 0 fully saturated rings. The Balaban J connectivity index is 1.16. The van der Waals surface area contributed by atoms with Crippen molar-refractivity contribution in [3.05, 3.63) is 194 Å². The van der Waals surface area contributed by atoms with E-state index in [-0.39, 0.29) is 6.71 Å². The first kappa shape index (κ1) is 30.6. The van der Waals surface area contributed by atoms with Crippen LogP contribution in [-0.2, 0) is 0 Å². The molecule has 254 valence electrons. The number of aryl methyl sites for hydroxylation is 1. The summed E-state index contributed by atoms with van der Waals surface area (Å²) in [5, 5.41) is 2.34. The number of hydrogen-bond acceptors (Lipinski definition) is 3. The second-order valence-corrected chi connectivity index (χ2v) is 14.2. The van der Waals surface area contributed by atoms with Crippen LogP contribution in [0.2, 0.25) is 0 Å². The van der Waals surface area contributed by atoms with Gasteiger partial charge in [-0.3, -0.25) is 0 Å². The van der Waals surface area contributed by atoms with Gasteiger partial charge in [0.1, 0.15) is 11.5 Å². The lowest BCUT2D eigenvalue weighted by atomic mass is 9.34. The summed E-state index contributed by atoms with van der Waals surface area (Å²) >= 11 is 0. The van der Waals surface area contributed by atoms with Crippen LogP contribution in [0.25, 0.3) is 27.5 Å². The first-order valence-electron chi connectivity index (χ1n) is 18.6. The summed E-state index contributed by atoms with van der Waals surface area (Å²) in [5.74, 6) is 1.81. The fourth-order valence-corrected chi connectivity index (χ4v) is 8.70. The number of ether oxygens (including phenoxy) is 1. The van der Waals surface area contributed by atoms with Crippen molar-refractivity contribution in [3.63, 3.8) is 0 Å². The Morgan fingerprint density at radius 3 is 1.87 bits per heavy atom. The zero-order valence-corrected chi connectivity index (χ0v) is 29.7. The third-order valence-corrected chi connectivity index (χ3v) is 11.1. The Morgan fingerprint density at radius 1 is 0.463 bits per heavy atom. The molecule has 2 aliphatic heterocycles. The minimum absolute atomic E-state index is 0.00779. The fourth-order valence-electron chi connectivity index (χ4n) is 8.70. The number of hydrogen-bond donors (Lipinski definition) is 0. The Labute approximate surface area is 314 Å². The van der Waals surface area contributed by atoms with E-state index >= 15 is 0 Å². The summed E-state index contributed by atoms with van der Waals surface area (Å²) in [7, 11) is 0. The second kappa shape index (κ2) is 12.0. The molecule has 5 heteroatoms. The quantitative estimate of drug-likeness (QED) is 0.168. The summed E-state index contributed by atoms with van der Waals surface area (Å²) in [5.41, 5.74) is 15.1. The third-order valence-electron chi connectivity index (χ3n) is 11.1. The average molecular weight is 692 g/mol. The fraction of sp³-hybridized carbons (Fsp3) is 0.0204. The third kappa shape index (κ3) is 4.65. The molecule has 8 aromatic carbocycles. The smallest absolute Gasteiger partial charge is 0.256 e. The lowest BCUT2D eigenvalue weighted by molar-refractivity contribution is 0.488. The predicted molar refractivity (Wildman–Crippen MR) is 226 cm³/mol. The van der Waals surface area contributed by atoms with Crippen LogP contribution in [0.5, 0.6) is 11.5 Å². The molecule has 0 bridgehead atoms. The summed E-state index contributed by atoms with van der Waals surface area (Å²) in [6, 6.07) is 67.7. The van der Waals surface area contributed by atoms with Crippen LogP contribution in [0, 0.1) is 6.92 Å². The van der Waals surface area contributed by atoms with E-state index in [0.29, 0.717) is 0 Å². The minimum Gasteiger partial charge on any atom is -0.458 e. The highest BCUT2D eigenvalue weighted by molar-refractivity contribution is 6.99. The van der Waals surface area contributed by atoms with Gasteiger partial charge in [-0.25, -0.2) is 0 Å². The van der Waals surface area contributed by atoms with Crippen molar-refractivity contribution in [1.82, 2.24) is 4.57 Å². The Kier molecular flexibility index (Phi) is 6.83. The first-order chi connectivity index (χ1) is 26.7. The van der Waals surface area contributed by atoms with Gasteiger partial charge in [0.15, 0.2) is 0 Å². The molecule has 0 unspecified atom stereocenters. The number of aromatic nitrogens is 1. The maximum Gasteiger partial charge on any atom is 0.256 e. The Morgan fingerprint density at radius 2 is 1.09 bits per heavy atom. The number of anilines is 6. The van der Waals surface area contributed by atoms with Gasteiger partial charge in [-0.15, -0.1) is 0 Å². The number of benzene rings is 8. The SMILES string of the molecule is Cc1ccc(N(c2ccccc2)c2ccc3c4cc5c(cc4n(-c4ccccc4)c3c2)B2c3ccccc3N(c3ccccc3)c3cccc(c32)O5)cc1. The van der Waals surface area contributed by atoms with Crippen molar-refractivity contribution < 1.29 is 4.74 Å². The van der Waals surface area contributed by atoms with Crippen LogP contribution < -0.4 is 30.9 Å². The minimum atomic E-state index is 0.00779. The molecule has 0 saturated heterocycles. The van der Waals surface area contributed by atoms with Crippen LogP contribution >= 0.6 is 0 Å². The molecular formula is C49H34BN3O. The largest absolute Gasteiger partial charge is 0.458 e. The number of rotatable bonds is 5. The molecule has 9 aromatic rings. The van der Waals surface area contributed by atoms with E-state index in [1.54, 1.807) is 0 Å². The molecule has 0 N–H and O–H groups in total. The van der Waals surface area contributed by atoms with Crippen LogP contribution in [0.15, 0.2) is 188 Å². The standard InChI is InChI=1S/C49H34BN3O/c1-33-24-26-37(27-25-33)51(34-14-5-2-6-15-34)38-28-29-39-40-31-48-42(32-46(40)53(45(39)30-38)36-18-9-4-10-19-36)50-41-20-11-12-21-43(41)52(35-16-7-3-8-17-35)44-22-13-23-47(54-48)49(44)50/h2-32H,1H3. The lowest BCUT2D eigenvalue weighted by Gasteiger charge is -2.39. The predicted octanol–water partition coefficient (Wildman–Crippen LogP) is 11.0.